The Morgan fingerprint density at radius 2 is 1.90 bits per heavy atom. The van der Waals surface area contributed by atoms with Gasteiger partial charge in [0, 0.05) is 23.7 Å². The van der Waals surface area contributed by atoms with Crippen LogP contribution in [0.25, 0.3) is 11.3 Å². The van der Waals surface area contributed by atoms with Crippen molar-refractivity contribution in [1.29, 1.82) is 0 Å². The van der Waals surface area contributed by atoms with Gasteiger partial charge in [0.05, 0.1) is 17.9 Å². The maximum absolute atomic E-state index is 12.7. The Labute approximate surface area is 171 Å². The van der Waals surface area contributed by atoms with E-state index in [4.69, 9.17) is 9.26 Å². The van der Waals surface area contributed by atoms with E-state index in [2.05, 4.69) is 10.5 Å². The molecule has 0 fully saturated rings. The second-order valence-corrected chi connectivity index (χ2v) is 6.62. The van der Waals surface area contributed by atoms with Crippen LogP contribution in [0.5, 0.6) is 5.75 Å². The van der Waals surface area contributed by atoms with Gasteiger partial charge in [0.2, 0.25) is 5.91 Å². The standard InChI is InChI=1S/C22H21F3N2O3/c1-2-29-19-11-9-15(10-12-19)20-14-18(27-30-20)7-4-8-21(28)26-17-6-3-5-16(13-17)22(23,24)25/h3,5-6,9-14H,2,4,7-8H2,1H3,(H,26,28). The number of hydrogen-bond donors (Lipinski definition) is 1. The third-order valence-corrected chi connectivity index (χ3v) is 4.32. The van der Waals surface area contributed by atoms with Gasteiger partial charge < -0.3 is 14.6 Å². The van der Waals surface area contributed by atoms with Crippen LogP contribution in [-0.2, 0) is 17.4 Å². The van der Waals surface area contributed by atoms with Crippen LogP contribution in [0.4, 0.5) is 18.9 Å². The normalized spacial score (nSPS) is 11.3. The fourth-order valence-corrected chi connectivity index (χ4v) is 2.87. The van der Waals surface area contributed by atoms with Crippen LogP contribution in [0.2, 0.25) is 0 Å². The molecular weight excluding hydrogens is 397 g/mol. The lowest BCUT2D eigenvalue weighted by Gasteiger charge is -2.09. The number of aryl methyl sites for hydroxylation is 1. The molecule has 0 atom stereocenters. The Hall–Kier alpha value is -3.29. The van der Waals surface area contributed by atoms with Crippen molar-refractivity contribution in [2.45, 2.75) is 32.4 Å². The number of carbonyl (C=O) groups excluding carboxylic acids is 1. The van der Waals surface area contributed by atoms with Crippen LogP contribution in [0.1, 0.15) is 31.0 Å². The molecule has 3 aromatic rings. The topological polar surface area (TPSA) is 64.4 Å². The Morgan fingerprint density at radius 1 is 1.13 bits per heavy atom. The lowest BCUT2D eigenvalue weighted by atomic mass is 10.1. The van der Waals surface area contributed by atoms with E-state index in [-0.39, 0.29) is 18.0 Å². The average Bonchev–Trinajstić information content (AvgIpc) is 3.17. The molecule has 5 nitrogen and oxygen atoms in total. The molecule has 0 unspecified atom stereocenters. The highest BCUT2D eigenvalue weighted by molar-refractivity contribution is 5.90. The van der Waals surface area contributed by atoms with E-state index in [1.807, 2.05) is 31.2 Å². The molecule has 1 amide bonds. The number of benzene rings is 2. The van der Waals surface area contributed by atoms with Gasteiger partial charge in [-0.3, -0.25) is 4.79 Å². The van der Waals surface area contributed by atoms with Gasteiger partial charge in [0.1, 0.15) is 5.75 Å². The molecule has 0 aliphatic carbocycles. The fourth-order valence-electron chi connectivity index (χ4n) is 2.87. The summed E-state index contributed by atoms with van der Waals surface area (Å²) in [7, 11) is 0. The van der Waals surface area contributed by atoms with Gasteiger partial charge in [0.25, 0.3) is 0 Å². The van der Waals surface area contributed by atoms with Gasteiger partial charge in [-0.2, -0.15) is 13.2 Å². The summed E-state index contributed by atoms with van der Waals surface area (Å²) in [5, 5.41) is 6.50. The van der Waals surface area contributed by atoms with Crippen LogP contribution < -0.4 is 10.1 Å². The summed E-state index contributed by atoms with van der Waals surface area (Å²) in [5.74, 6) is 1.03. The molecule has 0 saturated heterocycles. The van der Waals surface area contributed by atoms with Crippen molar-refractivity contribution in [3.05, 3.63) is 65.9 Å². The Kier molecular flexibility index (Phi) is 6.76. The third-order valence-electron chi connectivity index (χ3n) is 4.32. The summed E-state index contributed by atoms with van der Waals surface area (Å²) in [6.07, 6.45) is -3.30. The van der Waals surface area contributed by atoms with Crippen molar-refractivity contribution in [3.63, 3.8) is 0 Å². The highest BCUT2D eigenvalue weighted by Gasteiger charge is 2.30. The molecule has 8 heteroatoms. The summed E-state index contributed by atoms with van der Waals surface area (Å²) >= 11 is 0. The van der Waals surface area contributed by atoms with Crippen LogP contribution in [0, 0.1) is 0 Å². The number of aromatic nitrogens is 1. The molecule has 1 heterocycles. The molecule has 2 aromatic carbocycles. The number of nitrogens with one attached hydrogen (secondary N) is 1. The largest absolute Gasteiger partial charge is 0.494 e. The Bertz CT molecular complexity index is 982. The highest BCUT2D eigenvalue weighted by Crippen LogP contribution is 2.30. The van der Waals surface area contributed by atoms with Gasteiger partial charge >= 0.3 is 6.18 Å². The van der Waals surface area contributed by atoms with E-state index in [9.17, 15) is 18.0 Å². The summed E-state index contributed by atoms with van der Waals surface area (Å²) in [6, 6.07) is 13.8. The number of nitrogens with zero attached hydrogens (tertiary/aromatic N) is 1. The molecule has 0 saturated carbocycles. The van der Waals surface area contributed by atoms with E-state index in [1.165, 1.54) is 12.1 Å². The minimum atomic E-state index is -4.45. The number of carbonyl (C=O) groups is 1. The minimum absolute atomic E-state index is 0.119. The van der Waals surface area contributed by atoms with Gasteiger partial charge in [0.15, 0.2) is 5.76 Å². The Balaban J connectivity index is 1.49. The zero-order valence-electron chi connectivity index (χ0n) is 16.3. The maximum Gasteiger partial charge on any atom is 0.416 e. The summed E-state index contributed by atoms with van der Waals surface area (Å²) < 4.78 is 49.0. The number of hydrogen-bond acceptors (Lipinski definition) is 4. The fraction of sp³-hybridized carbons (Fsp3) is 0.273. The first-order valence-electron chi connectivity index (χ1n) is 9.51. The first kappa shape index (κ1) is 21.4. The van der Waals surface area contributed by atoms with Crippen molar-refractivity contribution in [2.75, 3.05) is 11.9 Å². The smallest absolute Gasteiger partial charge is 0.416 e. The predicted molar refractivity (Wildman–Crippen MR) is 106 cm³/mol. The second kappa shape index (κ2) is 9.47. The second-order valence-electron chi connectivity index (χ2n) is 6.62. The van der Waals surface area contributed by atoms with Crippen molar-refractivity contribution < 1.29 is 27.2 Å². The molecule has 0 aliphatic rings. The highest BCUT2D eigenvalue weighted by atomic mass is 19.4. The summed E-state index contributed by atoms with van der Waals surface area (Å²) in [5.41, 5.74) is 0.879. The van der Waals surface area contributed by atoms with Crippen molar-refractivity contribution in [1.82, 2.24) is 5.16 Å². The van der Waals surface area contributed by atoms with E-state index in [0.29, 0.717) is 30.9 Å². The van der Waals surface area contributed by atoms with Crippen LogP contribution in [0.3, 0.4) is 0 Å². The first-order chi connectivity index (χ1) is 14.3. The van der Waals surface area contributed by atoms with Gasteiger partial charge in [-0.1, -0.05) is 11.2 Å². The average molecular weight is 418 g/mol. The summed E-state index contributed by atoms with van der Waals surface area (Å²) in [6.45, 7) is 2.50. The van der Waals surface area contributed by atoms with Gasteiger partial charge in [-0.15, -0.1) is 0 Å². The quantitative estimate of drug-likeness (QED) is 0.508. The van der Waals surface area contributed by atoms with Crippen molar-refractivity contribution in [3.8, 4) is 17.1 Å². The molecule has 0 radical (unpaired) electrons. The molecule has 3 rings (SSSR count). The first-order valence-corrected chi connectivity index (χ1v) is 9.51. The molecule has 1 N–H and O–H groups in total. The third kappa shape index (κ3) is 5.85. The minimum Gasteiger partial charge on any atom is -0.494 e. The molecular formula is C22H21F3N2O3. The Morgan fingerprint density at radius 3 is 2.60 bits per heavy atom. The number of anilines is 1. The lowest BCUT2D eigenvalue weighted by molar-refractivity contribution is -0.137. The van der Waals surface area contributed by atoms with E-state index >= 15 is 0 Å². The number of alkyl halides is 3. The van der Waals surface area contributed by atoms with Crippen molar-refractivity contribution >= 4 is 11.6 Å². The van der Waals surface area contributed by atoms with Gasteiger partial charge in [-0.25, -0.2) is 0 Å². The number of ether oxygens (including phenoxy) is 1. The van der Waals surface area contributed by atoms with E-state index in [0.717, 1.165) is 23.4 Å². The van der Waals surface area contributed by atoms with Crippen molar-refractivity contribution in [2.24, 2.45) is 0 Å². The van der Waals surface area contributed by atoms with Crippen LogP contribution in [0.15, 0.2) is 59.1 Å². The molecule has 0 aliphatic heterocycles. The van der Waals surface area contributed by atoms with Crippen LogP contribution >= 0.6 is 0 Å². The number of amides is 1. The zero-order valence-corrected chi connectivity index (χ0v) is 16.3. The monoisotopic (exact) mass is 418 g/mol. The predicted octanol–water partition coefficient (Wildman–Crippen LogP) is 5.72. The number of rotatable bonds is 8. The van der Waals surface area contributed by atoms with E-state index < -0.39 is 11.7 Å². The molecule has 158 valence electrons. The maximum atomic E-state index is 12.7. The van der Waals surface area contributed by atoms with E-state index in [1.54, 1.807) is 6.07 Å². The lowest BCUT2D eigenvalue weighted by Crippen LogP contribution is -2.13. The SMILES string of the molecule is CCOc1ccc(-c2cc(CCCC(=O)Nc3cccc(C(F)(F)F)c3)no2)cc1. The zero-order chi connectivity index (χ0) is 21.6. The number of halogens is 3. The van der Waals surface area contributed by atoms with Gasteiger partial charge in [-0.05, 0) is 62.2 Å². The molecule has 0 bridgehead atoms. The summed E-state index contributed by atoms with van der Waals surface area (Å²) in [4.78, 5) is 12.0. The molecule has 30 heavy (non-hydrogen) atoms. The molecule has 1 aromatic heterocycles. The van der Waals surface area contributed by atoms with Crippen LogP contribution in [-0.4, -0.2) is 17.7 Å². The molecule has 0 spiro atoms.